The predicted octanol–water partition coefficient (Wildman–Crippen LogP) is 1.93. The zero-order valence-electron chi connectivity index (χ0n) is 18.6. The maximum atomic E-state index is 13.7. The number of fused-ring (bicyclic) bond motifs is 1. The summed E-state index contributed by atoms with van der Waals surface area (Å²) >= 11 is 3.60. The lowest BCUT2D eigenvalue weighted by Gasteiger charge is -2.35. The SMILES string of the molecule is CCOC(=O)[C@H]1[C@@H]2O[C@@]3(CC2Br)[C@@H]1C(=O)N([C@H](C)CO)[C@@H]3C(=O)Nc1cc(C)ccc1C. The fourth-order valence-corrected chi connectivity index (χ4v) is 6.45. The van der Waals surface area contributed by atoms with E-state index < -0.39 is 41.6 Å². The number of rotatable bonds is 6. The van der Waals surface area contributed by atoms with E-state index in [-0.39, 0.29) is 29.9 Å². The zero-order chi connectivity index (χ0) is 23.4. The van der Waals surface area contributed by atoms with Crippen LogP contribution in [0.5, 0.6) is 0 Å². The van der Waals surface area contributed by atoms with Crippen molar-refractivity contribution in [3.8, 4) is 0 Å². The highest BCUT2D eigenvalue weighted by Gasteiger charge is 2.77. The molecule has 0 aromatic heterocycles. The lowest BCUT2D eigenvalue weighted by Crippen LogP contribution is -2.56. The minimum atomic E-state index is -1.17. The molecule has 9 heteroatoms. The molecule has 1 spiro atoms. The third kappa shape index (κ3) is 3.36. The van der Waals surface area contributed by atoms with Crippen molar-refractivity contribution in [3.05, 3.63) is 29.3 Å². The van der Waals surface area contributed by atoms with Gasteiger partial charge in [-0.15, -0.1) is 0 Å². The van der Waals surface area contributed by atoms with E-state index in [2.05, 4.69) is 21.2 Å². The first-order valence-electron chi connectivity index (χ1n) is 11.0. The second-order valence-corrected chi connectivity index (χ2v) is 10.2. The first kappa shape index (κ1) is 23.2. The van der Waals surface area contributed by atoms with E-state index >= 15 is 0 Å². The van der Waals surface area contributed by atoms with Crippen molar-refractivity contribution in [2.24, 2.45) is 11.8 Å². The summed E-state index contributed by atoms with van der Waals surface area (Å²) in [4.78, 5) is 41.3. The van der Waals surface area contributed by atoms with Gasteiger partial charge in [0.25, 0.3) is 0 Å². The average molecular weight is 509 g/mol. The van der Waals surface area contributed by atoms with Crippen LogP contribution in [-0.4, -0.2) is 69.6 Å². The maximum absolute atomic E-state index is 13.7. The molecule has 3 aliphatic rings. The number of ether oxygens (including phenoxy) is 2. The molecular formula is C23H29BrN2O6. The van der Waals surface area contributed by atoms with Crippen LogP contribution in [0.15, 0.2) is 18.2 Å². The highest BCUT2D eigenvalue weighted by molar-refractivity contribution is 9.09. The predicted molar refractivity (Wildman–Crippen MR) is 120 cm³/mol. The fraction of sp³-hybridized carbons (Fsp3) is 0.609. The number of nitrogens with zero attached hydrogens (tertiary/aromatic N) is 1. The second-order valence-electron chi connectivity index (χ2n) is 9.00. The van der Waals surface area contributed by atoms with Crippen LogP contribution in [0, 0.1) is 25.7 Å². The summed E-state index contributed by atoms with van der Waals surface area (Å²) < 4.78 is 11.6. The Hall–Kier alpha value is -1.97. The molecule has 2 amide bonds. The van der Waals surface area contributed by atoms with Crippen LogP contribution in [0.2, 0.25) is 0 Å². The van der Waals surface area contributed by atoms with Crippen molar-refractivity contribution in [2.75, 3.05) is 18.5 Å². The molecule has 3 fully saturated rings. The molecule has 3 saturated heterocycles. The molecule has 2 N–H and O–H groups in total. The van der Waals surface area contributed by atoms with E-state index in [9.17, 15) is 19.5 Å². The van der Waals surface area contributed by atoms with Gasteiger partial charge in [0.15, 0.2) is 0 Å². The third-order valence-electron chi connectivity index (χ3n) is 6.92. The van der Waals surface area contributed by atoms with Crippen LogP contribution >= 0.6 is 15.9 Å². The first-order valence-corrected chi connectivity index (χ1v) is 11.9. The van der Waals surface area contributed by atoms with Crippen molar-refractivity contribution in [1.82, 2.24) is 4.90 Å². The number of hydrogen-bond acceptors (Lipinski definition) is 6. The number of carbonyl (C=O) groups is 3. The van der Waals surface area contributed by atoms with E-state index in [4.69, 9.17) is 9.47 Å². The Bertz CT molecular complexity index is 954. The molecule has 0 saturated carbocycles. The van der Waals surface area contributed by atoms with Gasteiger partial charge >= 0.3 is 5.97 Å². The lowest BCUT2D eigenvalue weighted by atomic mass is 9.70. The normalized spacial score (nSPS) is 33.9. The van der Waals surface area contributed by atoms with E-state index in [0.29, 0.717) is 12.1 Å². The standard InChI is InChI=1S/C23H29BrN2O6/c1-5-31-22(30)16-17-21(29)26(13(4)10-27)19(23(17)9-14(24)18(16)32-23)20(28)25-15-8-11(2)6-7-12(15)3/h6-8,13-14,16-19,27H,5,9-10H2,1-4H3,(H,25,28)/t13-,14?,16-,17+,18-,19-,23+/m1/s1. The van der Waals surface area contributed by atoms with Gasteiger partial charge < -0.3 is 24.8 Å². The van der Waals surface area contributed by atoms with Crippen LogP contribution in [0.3, 0.4) is 0 Å². The highest BCUT2D eigenvalue weighted by Crippen LogP contribution is 2.60. The van der Waals surface area contributed by atoms with Gasteiger partial charge in [0.1, 0.15) is 11.6 Å². The first-order chi connectivity index (χ1) is 15.2. The van der Waals surface area contributed by atoms with Crippen molar-refractivity contribution >= 4 is 39.4 Å². The number of aliphatic hydroxyl groups is 1. The summed E-state index contributed by atoms with van der Waals surface area (Å²) in [6, 6.07) is 4.16. The average Bonchev–Trinajstić information content (AvgIpc) is 3.33. The molecule has 1 aromatic rings. The van der Waals surface area contributed by atoms with E-state index in [1.54, 1.807) is 13.8 Å². The van der Waals surface area contributed by atoms with Crippen LogP contribution in [0.4, 0.5) is 5.69 Å². The molecule has 3 aliphatic heterocycles. The number of halogens is 1. The van der Waals surface area contributed by atoms with Crippen molar-refractivity contribution in [1.29, 1.82) is 0 Å². The van der Waals surface area contributed by atoms with Gasteiger partial charge in [0, 0.05) is 10.5 Å². The zero-order valence-corrected chi connectivity index (χ0v) is 20.2. The Morgan fingerprint density at radius 2 is 2.12 bits per heavy atom. The molecular weight excluding hydrogens is 480 g/mol. The van der Waals surface area contributed by atoms with Crippen molar-refractivity contribution in [2.45, 2.75) is 62.7 Å². The van der Waals surface area contributed by atoms with Gasteiger partial charge in [-0.25, -0.2) is 0 Å². The lowest BCUT2D eigenvalue weighted by molar-refractivity contribution is -0.155. The van der Waals surface area contributed by atoms with Crippen LogP contribution < -0.4 is 5.32 Å². The van der Waals surface area contributed by atoms with Crippen LogP contribution in [0.1, 0.15) is 31.4 Å². The quantitative estimate of drug-likeness (QED) is 0.449. The molecule has 2 bridgehead atoms. The molecule has 3 heterocycles. The number of aryl methyl sites for hydroxylation is 2. The number of nitrogens with one attached hydrogen (secondary N) is 1. The molecule has 0 radical (unpaired) electrons. The van der Waals surface area contributed by atoms with Gasteiger partial charge in [-0.3, -0.25) is 14.4 Å². The summed E-state index contributed by atoms with van der Waals surface area (Å²) in [7, 11) is 0. The van der Waals surface area contributed by atoms with Gasteiger partial charge in [-0.1, -0.05) is 28.1 Å². The molecule has 7 atom stereocenters. The minimum Gasteiger partial charge on any atom is -0.466 e. The maximum Gasteiger partial charge on any atom is 0.312 e. The van der Waals surface area contributed by atoms with E-state index in [1.807, 2.05) is 32.0 Å². The minimum absolute atomic E-state index is 0.191. The number of hydrogen-bond donors (Lipinski definition) is 2. The fourth-order valence-electron chi connectivity index (χ4n) is 5.51. The van der Waals surface area contributed by atoms with Gasteiger partial charge in [-0.05, 0) is 51.3 Å². The monoisotopic (exact) mass is 508 g/mol. The molecule has 4 rings (SSSR count). The molecule has 174 valence electrons. The third-order valence-corrected chi connectivity index (χ3v) is 7.77. The molecule has 0 aliphatic carbocycles. The summed E-state index contributed by atoms with van der Waals surface area (Å²) in [5.74, 6) is -2.86. The number of amides is 2. The van der Waals surface area contributed by atoms with Crippen molar-refractivity contribution < 1.29 is 29.0 Å². The number of esters is 1. The summed E-state index contributed by atoms with van der Waals surface area (Å²) in [6.45, 7) is 7.11. The Morgan fingerprint density at radius 3 is 2.78 bits per heavy atom. The van der Waals surface area contributed by atoms with Gasteiger partial charge in [0.05, 0.1) is 37.2 Å². The van der Waals surface area contributed by atoms with E-state index in [1.165, 1.54) is 4.90 Å². The highest BCUT2D eigenvalue weighted by atomic mass is 79.9. The Balaban J connectivity index is 1.76. The number of anilines is 1. The number of benzene rings is 1. The Morgan fingerprint density at radius 1 is 1.41 bits per heavy atom. The Labute approximate surface area is 195 Å². The number of likely N-dealkylation sites (tertiary alicyclic amines) is 1. The van der Waals surface area contributed by atoms with Gasteiger partial charge in [0.2, 0.25) is 11.8 Å². The van der Waals surface area contributed by atoms with Crippen molar-refractivity contribution in [3.63, 3.8) is 0 Å². The number of carbonyl (C=O) groups excluding carboxylic acids is 3. The van der Waals surface area contributed by atoms with Crippen LogP contribution in [0.25, 0.3) is 0 Å². The molecule has 1 unspecified atom stereocenters. The smallest absolute Gasteiger partial charge is 0.312 e. The summed E-state index contributed by atoms with van der Waals surface area (Å²) in [5, 5.41) is 12.8. The topological polar surface area (TPSA) is 105 Å². The van der Waals surface area contributed by atoms with Gasteiger partial charge in [-0.2, -0.15) is 0 Å². The Kier molecular flexibility index (Phi) is 6.11. The second kappa shape index (κ2) is 8.43. The number of aliphatic hydroxyl groups excluding tert-OH is 1. The summed E-state index contributed by atoms with van der Waals surface area (Å²) in [6.07, 6.45) is -0.144. The molecule has 8 nitrogen and oxygen atoms in total. The van der Waals surface area contributed by atoms with E-state index in [0.717, 1.165) is 11.1 Å². The molecule has 1 aromatic carbocycles. The largest absolute Gasteiger partial charge is 0.466 e. The molecule has 32 heavy (non-hydrogen) atoms. The van der Waals surface area contributed by atoms with Crippen LogP contribution in [-0.2, 0) is 23.9 Å². The number of alkyl halides is 1. The summed E-state index contributed by atoms with van der Waals surface area (Å²) in [5.41, 5.74) is 1.37.